The van der Waals surface area contributed by atoms with Crippen LogP contribution in [0.1, 0.15) is 55.6 Å². The van der Waals surface area contributed by atoms with E-state index in [0.29, 0.717) is 48.3 Å². The molecule has 0 radical (unpaired) electrons. The quantitative estimate of drug-likeness (QED) is 0.139. The van der Waals surface area contributed by atoms with Crippen molar-refractivity contribution in [2.75, 3.05) is 0 Å². The zero-order chi connectivity index (χ0) is 32.3. The third kappa shape index (κ3) is 8.23. The number of hydrogen-bond acceptors (Lipinski definition) is 3. The van der Waals surface area contributed by atoms with Crippen molar-refractivity contribution in [2.45, 2.75) is 38.5 Å². The van der Waals surface area contributed by atoms with Gasteiger partial charge in [-0.25, -0.2) is 0 Å². The molecule has 47 heavy (non-hydrogen) atoms. The van der Waals surface area contributed by atoms with Crippen LogP contribution in [0.5, 0.6) is 11.5 Å². The molecule has 0 spiro atoms. The molecule has 3 heteroatoms. The molecular formula is C44H36N2O. The van der Waals surface area contributed by atoms with Gasteiger partial charge in [-0.15, -0.1) is 0 Å². The van der Waals surface area contributed by atoms with Gasteiger partial charge in [0.1, 0.15) is 23.6 Å². The summed E-state index contributed by atoms with van der Waals surface area (Å²) >= 11 is 0. The largest absolute Gasteiger partial charge is 0.454 e. The molecule has 0 bridgehead atoms. The fourth-order valence-corrected chi connectivity index (χ4v) is 6.11. The number of nitriles is 2. The second kappa shape index (κ2) is 15.4. The monoisotopic (exact) mass is 608 g/mol. The van der Waals surface area contributed by atoms with Crippen molar-refractivity contribution in [3.05, 3.63) is 201 Å². The standard InChI is InChI=1S/C44H36N2O/c45-31-41-29-37(25-35-17-9-3-10-18-35)27-39(23-21-33-13-5-1-6-14-33)43(41)47-44-40(24-22-34-15-7-2-8-16-34)28-38(30-42(44)32-46)26-36-19-11-4-12-20-36/h1-20,27-30H,21-26H2. The molecule has 0 N–H and O–H groups in total. The second-order valence-electron chi connectivity index (χ2n) is 11.9. The first-order valence-electron chi connectivity index (χ1n) is 16.1. The van der Waals surface area contributed by atoms with Crippen molar-refractivity contribution in [3.8, 4) is 23.6 Å². The Kier molecular flexibility index (Phi) is 10.2. The summed E-state index contributed by atoms with van der Waals surface area (Å²) in [5.74, 6) is 1.07. The lowest BCUT2D eigenvalue weighted by Crippen LogP contribution is -2.05. The van der Waals surface area contributed by atoms with Crippen molar-refractivity contribution in [2.24, 2.45) is 0 Å². The Morgan fingerprint density at radius 1 is 0.383 bits per heavy atom. The van der Waals surface area contributed by atoms with Crippen molar-refractivity contribution in [3.63, 3.8) is 0 Å². The van der Waals surface area contributed by atoms with Crippen LogP contribution < -0.4 is 4.74 Å². The SMILES string of the molecule is N#Cc1cc(Cc2ccccc2)cc(CCc2ccccc2)c1Oc1c(C#N)cc(Cc2ccccc2)cc1CCc1ccccc1. The van der Waals surface area contributed by atoms with Gasteiger partial charge in [0.25, 0.3) is 0 Å². The lowest BCUT2D eigenvalue weighted by Gasteiger charge is -2.19. The molecular weight excluding hydrogens is 572 g/mol. The van der Waals surface area contributed by atoms with Crippen LogP contribution in [0.25, 0.3) is 0 Å². The van der Waals surface area contributed by atoms with Crippen LogP contribution in [0, 0.1) is 22.7 Å². The molecule has 0 aliphatic carbocycles. The maximum atomic E-state index is 10.5. The molecule has 3 nitrogen and oxygen atoms in total. The van der Waals surface area contributed by atoms with E-state index in [4.69, 9.17) is 4.74 Å². The molecule has 0 saturated heterocycles. The van der Waals surface area contributed by atoms with Gasteiger partial charge in [-0.2, -0.15) is 10.5 Å². The highest BCUT2D eigenvalue weighted by Gasteiger charge is 2.20. The summed E-state index contributed by atoms with van der Waals surface area (Å²) in [5.41, 5.74) is 9.81. The minimum atomic E-state index is 0.479. The highest BCUT2D eigenvalue weighted by molar-refractivity contribution is 5.58. The minimum absolute atomic E-state index is 0.479. The Balaban J connectivity index is 1.42. The number of hydrogen-bond donors (Lipinski definition) is 0. The Morgan fingerprint density at radius 3 is 1.06 bits per heavy atom. The lowest BCUT2D eigenvalue weighted by molar-refractivity contribution is 0.466. The number of rotatable bonds is 12. The third-order valence-electron chi connectivity index (χ3n) is 8.45. The Morgan fingerprint density at radius 2 is 0.723 bits per heavy atom. The molecule has 0 saturated carbocycles. The number of nitrogens with zero attached hydrogens (tertiary/aromatic N) is 2. The van der Waals surface area contributed by atoms with E-state index in [0.717, 1.165) is 35.1 Å². The van der Waals surface area contributed by atoms with E-state index in [1.54, 1.807) is 0 Å². The summed E-state index contributed by atoms with van der Waals surface area (Å²) in [6.45, 7) is 0. The number of benzene rings is 6. The molecule has 0 aliphatic rings. The van der Waals surface area contributed by atoms with Gasteiger partial charge in [0.2, 0.25) is 0 Å². The zero-order valence-electron chi connectivity index (χ0n) is 26.4. The Labute approximate surface area is 278 Å². The summed E-state index contributed by atoms with van der Waals surface area (Å²) in [4.78, 5) is 0. The maximum absolute atomic E-state index is 10.5. The van der Waals surface area contributed by atoms with Crippen LogP contribution in [0.15, 0.2) is 146 Å². The average Bonchev–Trinajstić information content (AvgIpc) is 3.12. The fraction of sp³-hybridized carbons (Fsp3) is 0.136. The van der Waals surface area contributed by atoms with Gasteiger partial charge >= 0.3 is 0 Å². The predicted molar refractivity (Wildman–Crippen MR) is 189 cm³/mol. The van der Waals surface area contributed by atoms with Crippen LogP contribution in [0.2, 0.25) is 0 Å². The Bertz CT molecular complexity index is 1860. The summed E-state index contributed by atoms with van der Waals surface area (Å²) < 4.78 is 6.83. The molecule has 0 unspecified atom stereocenters. The van der Waals surface area contributed by atoms with Gasteiger partial charge in [0.05, 0.1) is 11.1 Å². The van der Waals surface area contributed by atoms with Gasteiger partial charge in [0.15, 0.2) is 0 Å². The smallest absolute Gasteiger partial charge is 0.148 e. The molecule has 6 rings (SSSR count). The predicted octanol–water partition coefficient (Wildman–Crippen LogP) is 9.97. The van der Waals surface area contributed by atoms with E-state index in [9.17, 15) is 10.5 Å². The van der Waals surface area contributed by atoms with Crippen molar-refractivity contribution in [1.82, 2.24) is 0 Å². The molecule has 6 aromatic carbocycles. The van der Waals surface area contributed by atoms with Crippen LogP contribution in [-0.2, 0) is 38.5 Å². The average molecular weight is 609 g/mol. The van der Waals surface area contributed by atoms with Gasteiger partial charge in [-0.05, 0) is 95.2 Å². The summed E-state index contributed by atoms with van der Waals surface area (Å²) in [7, 11) is 0. The van der Waals surface area contributed by atoms with Crippen molar-refractivity contribution < 1.29 is 4.74 Å². The van der Waals surface area contributed by atoms with Gasteiger partial charge in [-0.1, -0.05) is 133 Å². The van der Waals surface area contributed by atoms with E-state index < -0.39 is 0 Å². The van der Waals surface area contributed by atoms with Crippen LogP contribution >= 0.6 is 0 Å². The van der Waals surface area contributed by atoms with E-state index in [1.807, 2.05) is 60.7 Å². The zero-order valence-corrected chi connectivity index (χ0v) is 26.4. The summed E-state index contributed by atoms with van der Waals surface area (Å²) in [6, 6.07) is 54.4. The van der Waals surface area contributed by atoms with E-state index in [1.165, 1.54) is 22.3 Å². The van der Waals surface area contributed by atoms with Crippen molar-refractivity contribution in [1.29, 1.82) is 10.5 Å². The lowest BCUT2D eigenvalue weighted by atomic mass is 9.94. The molecule has 0 heterocycles. The second-order valence-corrected chi connectivity index (χ2v) is 11.9. The molecule has 0 atom stereocenters. The molecule has 0 aromatic heterocycles. The highest BCUT2D eigenvalue weighted by atomic mass is 16.5. The normalized spacial score (nSPS) is 10.6. The van der Waals surface area contributed by atoms with Gasteiger partial charge < -0.3 is 4.74 Å². The molecule has 0 amide bonds. The first-order chi connectivity index (χ1) is 23.2. The maximum Gasteiger partial charge on any atom is 0.148 e. The van der Waals surface area contributed by atoms with Gasteiger partial charge in [-0.3, -0.25) is 0 Å². The Hall–Kier alpha value is -5.90. The topological polar surface area (TPSA) is 56.8 Å². The van der Waals surface area contributed by atoms with Gasteiger partial charge in [0, 0.05) is 0 Å². The highest BCUT2D eigenvalue weighted by Crippen LogP contribution is 2.37. The minimum Gasteiger partial charge on any atom is -0.454 e. The first kappa shape index (κ1) is 31.1. The van der Waals surface area contributed by atoms with E-state index in [-0.39, 0.29) is 0 Å². The summed E-state index contributed by atoms with van der Waals surface area (Å²) in [5, 5.41) is 20.9. The van der Waals surface area contributed by atoms with Crippen LogP contribution in [-0.4, -0.2) is 0 Å². The number of ether oxygens (including phenoxy) is 1. The first-order valence-corrected chi connectivity index (χ1v) is 16.1. The molecule has 0 aliphatic heterocycles. The molecule has 228 valence electrons. The van der Waals surface area contributed by atoms with E-state index in [2.05, 4.69) is 97.1 Å². The summed E-state index contributed by atoms with van der Waals surface area (Å²) in [6.07, 6.45) is 4.44. The third-order valence-corrected chi connectivity index (χ3v) is 8.45. The van der Waals surface area contributed by atoms with E-state index >= 15 is 0 Å². The van der Waals surface area contributed by atoms with Crippen LogP contribution in [0.4, 0.5) is 0 Å². The number of aryl methyl sites for hydroxylation is 4. The fourth-order valence-electron chi connectivity index (χ4n) is 6.11. The molecule has 6 aromatic rings. The molecule has 0 fully saturated rings. The van der Waals surface area contributed by atoms with Crippen LogP contribution in [0.3, 0.4) is 0 Å². The van der Waals surface area contributed by atoms with Crippen molar-refractivity contribution >= 4 is 0 Å².